The average molecular weight is 295 g/mol. The highest BCUT2D eigenvalue weighted by molar-refractivity contribution is 5.97. The summed E-state index contributed by atoms with van der Waals surface area (Å²) in [6, 6.07) is 17.6. The highest BCUT2D eigenvalue weighted by Crippen LogP contribution is 2.40. The van der Waals surface area contributed by atoms with Gasteiger partial charge < -0.3 is 10.0 Å². The number of amides is 1. The number of hydrogen-bond donors (Lipinski definition) is 1. The molecule has 3 rings (SSSR count). The molecule has 1 heterocycles. The molecule has 4 nitrogen and oxygen atoms in total. The lowest BCUT2D eigenvalue weighted by Crippen LogP contribution is -2.32. The van der Waals surface area contributed by atoms with Crippen LogP contribution in [0.1, 0.15) is 30.0 Å². The van der Waals surface area contributed by atoms with E-state index in [1.54, 1.807) is 4.90 Å². The van der Waals surface area contributed by atoms with E-state index in [1.807, 2.05) is 54.6 Å². The smallest absolute Gasteiger partial charge is 0.303 e. The molecule has 2 aromatic rings. The third-order valence-electron chi connectivity index (χ3n) is 3.98. The lowest BCUT2D eigenvalue weighted by atomic mass is 10.0. The predicted octanol–water partition coefficient (Wildman–Crippen LogP) is 3.18. The van der Waals surface area contributed by atoms with Gasteiger partial charge in [0.25, 0.3) is 0 Å². The minimum atomic E-state index is -0.947. The van der Waals surface area contributed by atoms with Crippen molar-refractivity contribution < 1.29 is 14.7 Å². The molecule has 1 N–H and O–H groups in total. The van der Waals surface area contributed by atoms with Crippen LogP contribution in [0.15, 0.2) is 54.6 Å². The minimum absolute atomic E-state index is 0.0208. The van der Waals surface area contributed by atoms with E-state index in [4.69, 9.17) is 5.11 Å². The van der Waals surface area contributed by atoms with E-state index in [0.29, 0.717) is 0 Å². The molecule has 1 atom stereocenters. The Morgan fingerprint density at radius 3 is 2.41 bits per heavy atom. The van der Waals surface area contributed by atoms with Crippen LogP contribution in [-0.2, 0) is 16.0 Å². The van der Waals surface area contributed by atoms with Crippen molar-refractivity contribution in [2.45, 2.75) is 25.3 Å². The first-order chi connectivity index (χ1) is 10.7. The van der Waals surface area contributed by atoms with Gasteiger partial charge in [0.05, 0.1) is 12.5 Å². The summed E-state index contributed by atoms with van der Waals surface area (Å²) in [5, 5.41) is 8.81. The van der Waals surface area contributed by atoms with E-state index in [9.17, 15) is 9.59 Å². The number of anilines is 1. The van der Waals surface area contributed by atoms with Crippen LogP contribution in [0, 0.1) is 0 Å². The van der Waals surface area contributed by atoms with E-state index in [2.05, 4.69) is 0 Å². The molecular formula is C18H17NO3. The monoisotopic (exact) mass is 295 g/mol. The van der Waals surface area contributed by atoms with Gasteiger partial charge in [0.1, 0.15) is 0 Å². The Labute approximate surface area is 129 Å². The van der Waals surface area contributed by atoms with E-state index >= 15 is 0 Å². The summed E-state index contributed by atoms with van der Waals surface area (Å²) in [5.41, 5.74) is 3.09. The highest BCUT2D eigenvalue weighted by atomic mass is 16.4. The summed E-state index contributed by atoms with van der Waals surface area (Å²) in [6.45, 7) is 0. The maximum atomic E-state index is 12.6. The summed E-state index contributed by atoms with van der Waals surface area (Å²) in [7, 11) is 0. The average Bonchev–Trinajstić information content (AvgIpc) is 2.93. The second-order valence-electron chi connectivity index (χ2n) is 5.42. The molecule has 0 saturated carbocycles. The molecule has 0 spiro atoms. The van der Waals surface area contributed by atoms with Gasteiger partial charge in [0, 0.05) is 12.1 Å². The molecule has 0 radical (unpaired) electrons. The van der Waals surface area contributed by atoms with Crippen LogP contribution in [0.4, 0.5) is 5.69 Å². The second kappa shape index (κ2) is 6.02. The second-order valence-corrected chi connectivity index (χ2v) is 5.42. The molecule has 0 bridgehead atoms. The van der Waals surface area contributed by atoms with Crippen LogP contribution in [-0.4, -0.2) is 17.0 Å². The van der Waals surface area contributed by atoms with E-state index in [0.717, 1.165) is 23.2 Å². The molecule has 0 aliphatic carbocycles. The number of carboxylic acids is 1. The third kappa shape index (κ3) is 2.72. The van der Waals surface area contributed by atoms with Gasteiger partial charge in [-0.1, -0.05) is 48.5 Å². The molecule has 1 amide bonds. The van der Waals surface area contributed by atoms with Crippen molar-refractivity contribution in [1.29, 1.82) is 0 Å². The Bertz CT molecular complexity index is 696. The van der Waals surface area contributed by atoms with Crippen LogP contribution in [0.3, 0.4) is 0 Å². The number of benzene rings is 2. The molecule has 22 heavy (non-hydrogen) atoms. The summed E-state index contributed by atoms with van der Waals surface area (Å²) in [5.74, 6) is -1.08. The fraction of sp³-hybridized carbons (Fsp3) is 0.222. The lowest BCUT2D eigenvalue weighted by molar-refractivity contribution is -0.138. The molecule has 0 aromatic heterocycles. The van der Waals surface area contributed by atoms with Crippen LogP contribution in [0.5, 0.6) is 0 Å². The number of carbonyl (C=O) groups excluding carboxylic acids is 1. The number of carboxylic acid groups (broad SMARTS) is 1. The molecular weight excluding hydrogens is 278 g/mol. The van der Waals surface area contributed by atoms with Crippen LogP contribution in [0.2, 0.25) is 0 Å². The standard InChI is InChI=1S/C18H17NO3/c20-17(10-11-18(21)22)19-15-9-5-4-8-14(15)12-16(19)13-6-2-1-3-7-13/h1-9,16H,10-12H2,(H,21,22)/t16-/m1/s1. The first-order valence-electron chi connectivity index (χ1n) is 7.33. The third-order valence-corrected chi connectivity index (χ3v) is 3.98. The summed E-state index contributed by atoms with van der Waals surface area (Å²) in [6.07, 6.45) is 0.644. The van der Waals surface area contributed by atoms with Crippen molar-refractivity contribution >= 4 is 17.6 Å². The molecule has 2 aromatic carbocycles. The molecule has 112 valence electrons. The van der Waals surface area contributed by atoms with E-state index in [1.165, 1.54) is 0 Å². The molecule has 4 heteroatoms. The number of nitrogens with zero attached hydrogens (tertiary/aromatic N) is 1. The maximum absolute atomic E-state index is 12.6. The number of fused-ring (bicyclic) bond motifs is 1. The first-order valence-corrected chi connectivity index (χ1v) is 7.33. The number of carbonyl (C=O) groups is 2. The van der Waals surface area contributed by atoms with Crippen molar-refractivity contribution in [2.24, 2.45) is 0 Å². The fourth-order valence-corrected chi connectivity index (χ4v) is 2.97. The fourth-order valence-electron chi connectivity index (χ4n) is 2.97. The Kier molecular flexibility index (Phi) is 3.92. The molecule has 0 saturated heterocycles. The molecule has 0 unspecified atom stereocenters. The Morgan fingerprint density at radius 1 is 1.00 bits per heavy atom. The quantitative estimate of drug-likeness (QED) is 0.942. The molecule has 1 aliphatic heterocycles. The van der Waals surface area contributed by atoms with Gasteiger partial charge in [-0.3, -0.25) is 9.59 Å². The lowest BCUT2D eigenvalue weighted by Gasteiger charge is -2.26. The van der Waals surface area contributed by atoms with Gasteiger partial charge in [0.2, 0.25) is 5.91 Å². The largest absolute Gasteiger partial charge is 0.481 e. The number of rotatable bonds is 4. The van der Waals surface area contributed by atoms with Gasteiger partial charge in [0.15, 0.2) is 0 Å². The zero-order valence-corrected chi connectivity index (χ0v) is 12.1. The zero-order chi connectivity index (χ0) is 15.5. The van der Waals surface area contributed by atoms with Crippen molar-refractivity contribution in [1.82, 2.24) is 0 Å². The topological polar surface area (TPSA) is 57.6 Å². The van der Waals surface area contributed by atoms with Gasteiger partial charge in [-0.05, 0) is 23.6 Å². The zero-order valence-electron chi connectivity index (χ0n) is 12.1. The van der Waals surface area contributed by atoms with Crippen molar-refractivity contribution in [3.63, 3.8) is 0 Å². The Balaban J connectivity index is 1.93. The van der Waals surface area contributed by atoms with Crippen molar-refractivity contribution in [3.8, 4) is 0 Å². The maximum Gasteiger partial charge on any atom is 0.303 e. The first kappa shape index (κ1) is 14.3. The van der Waals surface area contributed by atoms with Crippen LogP contribution >= 0.6 is 0 Å². The molecule has 0 fully saturated rings. The number of para-hydroxylation sites is 1. The summed E-state index contributed by atoms with van der Waals surface area (Å²) >= 11 is 0. The SMILES string of the molecule is O=C(O)CCC(=O)N1c2ccccc2C[C@@H]1c1ccccc1. The number of hydrogen-bond acceptors (Lipinski definition) is 2. The number of aliphatic carboxylic acids is 1. The van der Waals surface area contributed by atoms with E-state index < -0.39 is 5.97 Å². The van der Waals surface area contributed by atoms with Gasteiger partial charge in [-0.25, -0.2) is 0 Å². The van der Waals surface area contributed by atoms with Crippen LogP contribution in [0.25, 0.3) is 0 Å². The van der Waals surface area contributed by atoms with Crippen molar-refractivity contribution in [2.75, 3.05) is 4.90 Å². The van der Waals surface area contributed by atoms with Crippen molar-refractivity contribution in [3.05, 3.63) is 65.7 Å². The van der Waals surface area contributed by atoms with E-state index in [-0.39, 0.29) is 24.8 Å². The van der Waals surface area contributed by atoms with Crippen LogP contribution < -0.4 is 4.90 Å². The minimum Gasteiger partial charge on any atom is -0.481 e. The summed E-state index contributed by atoms with van der Waals surface area (Å²) < 4.78 is 0. The van der Waals surface area contributed by atoms with Gasteiger partial charge in [-0.15, -0.1) is 0 Å². The normalized spacial score (nSPS) is 16.4. The van der Waals surface area contributed by atoms with Gasteiger partial charge >= 0.3 is 5.97 Å². The summed E-state index contributed by atoms with van der Waals surface area (Å²) in [4.78, 5) is 25.1. The Morgan fingerprint density at radius 2 is 1.68 bits per heavy atom. The Hall–Kier alpha value is -2.62. The highest BCUT2D eigenvalue weighted by Gasteiger charge is 2.34. The predicted molar refractivity (Wildman–Crippen MR) is 83.7 cm³/mol. The van der Waals surface area contributed by atoms with Gasteiger partial charge in [-0.2, -0.15) is 0 Å². The molecule has 1 aliphatic rings.